The number of nitrogens with zero attached hydrogens (tertiary/aromatic N) is 3. The third-order valence-corrected chi connectivity index (χ3v) is 4.00. The highest BCUT2D eigenvalue weighted by Gasteiger charge is 2.13. The molecule has 2 heterocycles. The van der Waals surface area contributed by atoms with Gasteiger partial charge < -0.3 is 14.6 Å². The van der Waals surface area contributed by atoms with Crippen molar-refractivity contribution in [1.82, 2.24) is 15.1 Å². The predicted octanol–water partition coefficient (Wildman–Crippen LogP) is 3.90. The quantitative estimate of drug-likeness (QED) is 0.580. The third-order valence-electron chi connectivity index (χ3n) is 4.00. The number of aromatic nitrogens is 3. The van der Waals surface area contributed by atoms with Crippen LogP contribution in [-0.4, -0.2) is 21.0 Å². The summed E-state index contributed by atoms with van der Waals surface area (Å²) in [6, 6.07) is 14.8. The van der Waals surface area contributed by atoms with E-state index in [2.05, 4.69) is 20.4 Å². The van der Waals surface area contributed by atoms with Crippen LogP contribution >= 0.6 is 0 Å². The van der Waals surface area contributed by atoms with Crippen molar-refractivity contribution in [3.63, 3.8) is 0 Å². The molecule has 134 valence electrons. The molecule has 0 bridgehead atoms. The molecule has 7 nitrogen and oxygen atoms in total. The zero-order valence-electron chi connectivity index (χ0n) is 14.5. The van der Waals surface area contributed by atoms with Gasteiger partial charge in [-0.05, 0) is 48.9 Å². The summed E-state index contributed by atoms with van der Waals surface area (Å²) in [6.07, 6.45) is 3.35. The fraction of sp³-hybridized carbons (Fsp3) is 0.100. The molecule has 27 heavy (non-hydrogen) atoms. The van der Waals surface area contributed by atoms with Gasteiger partial charge in [0.2, 0.25) is 5.91 Å². The molecule has 0 aliphatic carbocycles. The van der Waals surface area contributed by atoms with Crippen molar-refractivity contribution in [3.05, 3.63) is 72.2 Å². The zero-order chi connectivity index (χ0) is 18.6. The molecule has 0 unspecified atom stereocenters. The SMILES string of the molecule is Cc1cc(Oc2ncccn2)ccc1NC(=O)Cc1noc2ccccc12. The number of benzene rings is 2. The molecule has 1 amide bonds. The number of rotatable bonds is 5. The number of amides is 1. The average molecular weight is 360 g/mol. The summed E-state index contributed by atoms with van der Waals surface area (Å²) in [4.78, 5) is 20.5. The van der Waals surface area contributed by atoms with Crippen molar-refractivity contribution in [3.8, 4) is 11.8 Å². The van der Waals surface area contributed by atoms with Crippen LogP contribution in [0, 0.1) is 6.92 Å². The maximum Gasteiger partial charge on any atom is 0.321 e. The van der Waals surface area contributed by atoms with Crippen LogP contribution in [-0.2, 0) is 11.2 Å². The van der Waals surface area contributed by atoms with E-state index in [9.17, 15) is 4.79 Å². The van der Waals surface area contributed by atoms with E-state index in [1.54, 1.807) is 30.6 Å². The van der Waals surface area contributed by atoms with E-state index in [4.69, 9.17) is 9.26 Å². The minimum atomic E-state index is -0.169. The lowest BCUT2D eigenvalue weighted by Crippen LogP contribution is -2.15. The number of para-hydroxylation sites is 1. The van der Waals surface area contributed by atoms with Gasteiger partial charge >= 0.3 is 6.01 Å². The first-order valence-corrected chi connectivity index (χ1v) is 8.38. The summed E-state index contributed by atoms with van der Waals surface area (Å²) >= 11 is 0. The van der Waals surface area contributed by atoms with Crippen molar-refractivity contribution in [2.24, 2.45) is 0 Å². The van der Waals surface area contributed by atoms with Gasteiger partial charge in [0.05, 0.1) is 6.42 Å². The van der Waals surface area contributed by atoms with E-state index in [1.165, 1.54) is 0 Å². The Morgan fingerprint density at radius 1 is 1.11 bits per heavy atom. The maximum absolute atomic E-state index is 12.4. The molecule has 1 N–H and O–H groups in total. The zero-order valence-corrected chi connectivity index (χ0v) is 14.5. The highest BCUT2D eigenvalue weighted by Crippen LogP contribution is 2.25. The summed E-state index contributed by atoms with van der Waals surface area (Å²) in [5.74, 6) is 0.427. The van der Waals surface area contributed by atoms with E-state index in [1.807, 2.05) is 37.3 Å². The molecule has 0 saturated carbocycles. The highest BCUT2D eigenvalue weighted by atomic mass is 16.5. The van der Waals surface area contributed by atoms with Crippen molar-refractivity contribution in [1.29, 1.82) is 0 Å². The molecule has 0 aliphatic rings. The molecule has 2 aromatic heterocycles. The monoisotopic (exact) mass is 360 g/mol. The highest BCUT2D eigenvalue weighted by molar-refractivity contribution is 5.95. The van der Waals surface area contributed by atoms with Gasteiger partial charge in [-0.3, -0.25) is 4.79 Å². The Hall–Kier alpha value is -3.74. The molecule has 4 aromatic rings. The van der Waals surface area contributed by atoms with Crippen molar-refractivity contribution in [2.45, 2.75) is 13.3 Å². The van der Waals surface area contributed by atoms with E-state index in [0.29, 0.717) is 22.7 Å². The van der Waals surface area contributed by atoms with E-state index in [-0.39, 0.29) is 18.3 Å². The Morgan fingerprint density at radius 3 is 2.74 bits per heavy atom. The molecule has 0 spiro atoms. The number of carbonyl (C=O) groups is 1. The number of anilines is 1. The summed E-state index contributed by atoms with van der Waals surface area (Å²) in [5.41, 5.74) is 2.85. The molecular formula is C20H16N4O3. The van der Waals surface area contributed by atoms with Gasteiger partial charge in [0.1, 0.15) is 11.4 Å². The third kappa shape index (κ3) is 3.77. The Labute approximate surface area is 155 Å². The van der Waals surface area contributed by atoms with Gasteiger partial charge in [-0.15, -0.1) is 0 Å². The second kappa shape index (κ2) is 7.25. The maximum atomic E-state index is 12.4. The summed E-state index contributed by atoms with van der Waals surface area (Å²) < 4.78 is 10.8. The second-order valence-corrected chi connectivity index (χ2v) is 5.96. The molecule has 7 heteroatoms. The molecule has 0 fully saturated rings. The number of hydrogen-bond donors (Lipinski definition) is 1. The fourth-order valence-electron chi connectivity index (χ4n) is 2.70. The minimum Gasteiger partial charge on any atom is -0.424 e. The lowest BCUT2D eigenvalue weighted by molar-refractivity contribution is -0.115. The molecule has 4 rings (SSSR count). The number of fused-ring (bicyclic) bond motifs is 1. The van der Waals surface area contributed by atoms with E-state index >= 15 is 0 Å². The Bertz CT molecular complexity index is 1090. The van der Waals surface area contributed by atoms with E-state index < -0.39 is 0 Å². The lowest BCUT2D eigenvalue weighted by Gasteiger charge is -2.10. The number of aryl methyl sites for hydroxylation is 1. The first kappa shape index (κ1) is 16.7. The normalized spacial score (nSPS) is 10.7. The first-order valence-electron chi connectivity index (χ1n) is 8.38. The number of ether oxygens (including phenoxy) is 1. The van der Waals surface area contributed by atoms with Crippen LogP contribution in [0.2, 0.25) is 0 Å². The Morgan fingerprint density at radius 2 is 1.93 bits per heavy atom. The number of carbonyl (C=O) groups excluding carboxylic acids is 1. The second-order valence-electron chi connectivity index (χ2n) is 5.96. The minimum absolute atomic E-state index is 0.132. The van der Waals surface area contributed by atoms with Crippen LogP contribution in [0.15, 0.2) is 65.4 Å². The van der Waals surface area contributed by atoms with Crippen LogP contribution in [0.1, 0.15) is 11.3 Å². The average Bonchev–Trinajstić information content (AvgIpc) is 3.08. The Balaban J connectivity index is 1.45. The predicted molar refractivity (Wildman–Crippen MR) is 99.6 cm³/mol. The van der Waals surface area contributed by atoms with Crippen molar-refractivity contribution in [2.75, 3.05) is 5.32 Å². The van der Waals surface area contributed by atoms with Crippen LogP contribution in [0.5, 0.6) is 11.8 Å². The van der Waals surface area contributed by atoms with Crippen LogP contribution in [0.25, 0.3) is 11.0 Å². The smallest absolute Gasteiger partial charge is 0.321 e. The van der Waals surface area contributed by atoms with Crippen LogP contribution in [0.4, 0.5) is 5.69 Å². The number of hydrogen-bond acceptors (Lipinski definition) is 6. The Kier molecular flexibility index (Phi) is 4.49. The standard InChI is InChI=1S/C20H16N4O3/c1-13-11-14(26-20-21-9-4-10-22-20)7-8-16(13)23-19(25)12-17-15-5-2-3-6-18(15)27-24-17/h2-11H,12H2,1H3,(H,23,25). The van der Waals surface area contributed by atoms with Crippen molar-refractivity contribution < 1.29 is 14.1 Å². The van der Waals surface area contributed by atoms with Gasteiger partial charge in [0, 0.05) is 23.5 Å². The first-order chi connectivity index (χ1) is 13.2. The molecule has 0 aliphatic heterocycles. The fourth-order valence-corrected chi connectivity index (χ4v) is 2.70. The van der Waals surface area contributed by atoms with Gasteiger partial charge in [-0.1, -0.05) is 17.3 Å². The van der Waals surface area contributed by atoms with Crippen molar-refractivity contribution >= 4 is 22.6 Å². The van der Waals surface area contributed by atoms with Gasteiger partial charge in [-0.25, -0.2) is 9.97 Å². The van der Waals surface area contributed by atoms with Crippen LogP contribution in [0.3, 0.4) is 0 Å². The number of nitrogens with one attached hydrogen (secondary N) is 1. The largest absolute Gasteiger partial charge is 0.424 e. The molecule has 0 atom stereocenters. The summed E-state index contributed by atoms with van der Waals surface area (Å²) in [7, 11) is 0. The molecule has 0 radical (unpaired) electrons. The van der Waals surface area contributed by atoms with Gasteiger partial charge in [-0.2, -0.15) is 0 Å². The van der Waals surface area contributed by atoms with Crippen LogP contribution < -0.4 is 10.1 Å². The molecule has 0 saturated heterocycles. The van der Waals surface area contributed by atoms with Gasteiger partial charge in [0.15, 0.2) is 5.58 Å². The lowest BCUT2D eigenvalue weighted by atomic mass is 10.1. The molecule has 2 aromatic carbocycles. The topological polar surface area (TPSA) is 90.1 Å². The molecular weight excluding hydrogens is 344 g/mol. The summed E-state index contributed by atoms with van der Waals surface area (Å²) in [5, 5.41) is 7.73. The summed E-state index contributed by atoms with van der Waals surface area (Å²) in [6.45, 7) is 1.89. The van der Waals surface area contributed by atoms with Gasteiger partial charge in [0.25, 0.3) is 0 Å². The van der Waals surface area contributed by atoms with E-state index in [0.717, 1.165) is 10.9 Å².